The second-order valence-electron chi connectivity index (χ2n) is 4.68. The van der Waals surface area contributed by atoms with Crippen LogP contribution in [0.4, 0.5) is 0 Å². The lowest BCUT2D eigenvalue weighted by Crippen LogP contribution is -2.10. The summed E-state index contributed by atoms with van der Waals surface area (Å²) in [5.74, 6) is 1.11. The Kier molecular flexibility index (Phi) is 7.54. The summed E-state index contributed by atoms with van der Waals surface area (Å²) >= 11 is 11.9. The third-order valence-electron chi connectivity index (χ3n) is 2.57. The first-order valence-corrected chi connectivity index (χ1v) is 7.09. The lowest BCUT2D eigenvalue weighted by Gasteiger charge is -2.13. The van der Waals surface area contributed by atoms with Crippen molar-refractivity contribution in [2.45, 2.75) is 26.9 Å². The smallest absolute Gasteiger partial charge is 0.143 e. The number of rotatable bonds is 8. The van der Waals surface area contributed by atoms with Crippen molar-refractivity contribution in [3.63, 3.8) is 0 Å². The minimum atomic E-state index is -0.163. The van der Waals surface area contributed by atoms with Gasteiger partial charge in [-0.3, -0.25) is 0 Å². The summed E-state index contributed by atoms with van der Waals surface area (Å²) in [4.78, 5) is 0. The van der Waals surface area contributed by atoms with Crippen molar-refractivity contribution in [3.8, 4) is 5.75 Å². The summed E-state index contributed by atoms with van der Waals surface area (Å²) in [7, 11) is 0. The van der Waals surface area contributed by atoms with E-state index in [1.165, 1.54) is 0 Å². The first-order chi connectivity index (χ1) is 9.04. The van der Waals surface area contributed by atoms with Crippen molar-refractivity contribution >= 4 is 23.2 Å². The number of hydrogen-bond donors (Lipinski definition) is 1. The fourth-order valence-electron chi connectivity index (χ4n) is 1.52. The van der Waals surface area contributed by atoms with E-state index in [9.17, 15) is 5.11 Å². The van der Waals surface area contributed by atoms with Gasteiger partial charge in [0.2, 0.25) is 0 Å². The zero-order valence-corrected chi connectivity index (χ0v) is 12.8. The molecule has 0 bridgehead atoms. The van der Waals surface area contributed by atoms with Crippen LogP contribution in [0.2, 0.25) is 10.0 Å². The molecule has 0 atom stereocenters. The average Bonchev–Trinajstić information content (AvgIpc) is 2.34. The van der Waals surface area contributed by atoms with E-state index in [0.717, 1.165) is 13.0 Å². The Morgan fingerprint density at radius 1 is 1.16 bits per heavy atom. The number of benzene rings is 1. The quantitative estimate of drug-likeness (QED) is 0.740. The largest absolute Gasteiger partial charge is 0.489 e. The first kappa shape index (κ1) is 16.6. The van der Waals surface area contributed by atoms with Crippen molar-refractivity contribution < 1.29 is 14.6 Å². The molecule has 0 fully saturated rings. The van der Waals surface area contributed by atoms with Gasteiger partial charge in [0.05, 0.1) is 18.2 Å². The van der Waals surface area contributed by atoms with Gasteiger partial charge in [-0.05, 0) is 24.5 Å². The number of hydrogen-bond acceptors (Lipinski definition) is 3. The van der Waals surface area contributed by atoms with Gasteiger partial charge in [-0.25, -0.2) is 0 Å². The molecule has 0 heterocycles. The van der Waals surface area contributed by atoms with Crippen LogP contribution in [0.15, 0.2) is 12.1 Å². The van der Waals surface area contributed by atoms with E-state index in [-0.39, 0.29) is 6.61 Å². The highest BCUT2D eigenvalue weighted by molar-refractivity contribution is 6.35. The Morgan fingerprint density at radius 3 is 2.53 bits per heavy atom. The van der Waals surface area contributed by atoms with E-state index in [1.807, 2.05) is 0 Å². The van der Waals surface area contributed by atoms with Crippen molar-refractivity contribution in [2.75, 3.05) is 19.8 Å². The number of halogens is 2. The average molecular weight is 307 g/mol. The van der Waals surface area contributed by atoms with E-state index in [0.29, 0.717) is 40.5 Å². The van der Waals surface area contributed by atoms with Crippen LogP contribution in [0.5, 0.6) is 5.75 Å². The van der Waals surface area contributed by atoms with Gasteiger partial charge in [0.25, 0.3) is 0 Å². The summed E-state index contributed by atoms with van der Waals surface area (Å²) in [6, 6.07) is 3.24. The summed E-state index contributed by atoms with van der Waals surface area (Å²) in [5.41, 5.74) is 0.583. The van der Waals surface area contributed by atoms with Crippen molar-refractivity contribution in [2.24, 2.45) is 5.92 Å². The molecule has 0 aliphatic heterocycles. The van der Waals surface area contributed by atoms with Crippen LogP contribution in [-0.2, 0) is 11.3 Å². The fraction of sp³-hybridized carbons (Fsp3) is 0.571. The molecule has 108 valence electrons. The van der Waals surface area contributed by atoms with E-state index >= 15 is 0 Å². The third-order valence-corrected chi connectivity index (χ3v) is 3.07. The second-order valence-corrected chi connectivity index (χ2v) is 5.52. The molecule has 0 aliphatic rings. The lowest BCUT2D eigenvalue weighted by atomic mass is 10.1. The molecule has 5 heteroatoms. The van der Waals surface area contributed by atoms with Crippen LogP contribution in [0.1, 0.15) is 25.8 Å². The molecule has 19 heavy (non-hydrogen) atoms. The van der Waals surface area contributed by atoms with Gasteiger partial charge in [0.1, 0.15) is 12.4 Å². The standard InChI is InChI=1S/C14H20Cl2O3/c1-10(2)3-4-18-5-6-19-14-11(9-17)7-12(15)8-13(14)16/h7-8,10,17H,3-6,9H2,1-2H3. The molecule has 1 rings (SSSR count). The molecule has 0 unspecified atom stereocenters. The molecule has 1 aromatic carbocycles. The SMILES string of the molecule is CC(C)CCOCCOc1c(Cl)cc(Cl)cc1CO. The second kappa shape index (κ2) is 8.64. The summed E-state index contributed by atoms with van der Waals surface area (Å²) in [6.45, 7) is 5.76. The molecule has 0 aromatic heterocycles. The van der Waals surface area contributed by atoms with Gasteiger partial charge in [-0.1, -0.05) is 37.0 Å². The highest BCUT2D eigenvalue weighted by Gasteiger charge is 2.10. The predicted octanol–water partition coefficient (Wildman–Crippen LogP) is 3.93. The minimum Gasteiger partial charge on any atom is -0.489 e. The topological polar surface area (TPSA) is 38.7 Å². The molecule has 0 aliphatic carbocycles. The third kappa shape index (κ3) is 6.00. The summed E-state index contributed by atoms with van der Waals surface area (Å²) in [5, 5.41) is 10.1. The fourth-order valence-corrected chi connectivity index (χ4v) is 2.11. The maximum atomic E-state index is 9.24. The van der Waals surface area contributed by atoms with Gasteiger partial charge in [-0.15, -0.1) is 0 Å². The molecule has 1 aromatic rings. The summed E-state index contributed by atoms with van der Waals surface area (Å²) < 4.78 is 11.0. The molecule has 0 spiro atoms. The maximum Gasteiger partial charge on any atom is 0.143 e. The van der Waals surface area contributed by atoms with Crippen molar-refractivity contribution in [3.05, 3.63) is 27.7 Å². The zero-order chi connectivity index (χ0) is 14.3. The molecule has 0 radical (unpaired) electrons. The van der Waals surface area contributed by atoms with E-state index < -0.39 is 0 Å². The highest BCUT2D eigenvalue weighted by atomic mass is 35.5. The van der Waals surface area contributed by atoms with Gasteiger partial charge in [0.15, 0.2) is 0 Å². The molecule has 0 saturated heterocycles. The van der Waals surface area contributed by atoms with Crippen LogP contribution in [0, 0.1) is 5.92 Å². The molecule has 0 saturated carbocycles. The molecule has 3 nitrogen and oxygen atoms in total. The van der Waals surface area contributed by atoms with Crippen molar-refractivity contribution in [1.29, 1.82) is 0 Å². The van der Waals surface area contributed by atoms with Gasteiger partial charge in [0, 0.05) is 17.2 Å². The van der Waals surface area contributed by atoms with Crippen LogP contribution < -0.4 is 4.74 Å². The Morgan fingerprint density at radius 2 is 1.89 bits per heavy atom. The normalized spacial score (nSPS) is 11.1. The van der Waals surface area contributed by atoms with Crippen LogP contribution in [0.25, 0.3) is 0 Å². The van der Waals surface area contributed by atoms with E-state index in [2.05, 4.69) is 13.8 Å². The van der Waals surface area contributed by atoms with E-state index in [4.69, 9.17) is 32.7 Å². The van der Waals surface area contributed by atoms with Crippen LogP contribution >= 0.6 is 23.2 Å². The molecular formula is C14H20Cl2O3. The Balaban J connectivity index is 2.41. The Hall–Kier alpha value is -0.480. The zero-order valence-electron chi connectivity index (χ0n) is 11.3. The van der Waals surface area contributed by atoms with Gasteiger partial charge < -0.3 is 14.6 Å². The van der Waals surface area contributed by atoms with Crippen LogP contribution in [-0.4, -0.2) is 24.9 Å². The number of ether oxygens (including phenoxy) is 2. The Labute approximate surface area is 124 Å². The number of aliphatic hydroxyl groups excluding tert-OH is 1. The maximum absolute atomic E-state index is 9.24. The molecular weight excluding hydrogens is 287 g/mol. The van der Waals surface area contributed by atoms with E-state index in [1.54, 1.807) is 12.1 Å². The molecule has 0 amide bonds. The first-order valence-electron chi connectivity index (χ1n) is 6.34. The predicted molar refractivity (Wildman–Crippen MR) is 78.2 cm³/mol. The monoisotopic (exact) mass is 306 g/mol. The van der Waals surface area contributed by atoms with Crippen LogP contribution in [0.3, 0.4) is 0 Å². The minimum absolute atomic E-state index is 0.163. The lowest BCUT2D eigenvalue weighted by molar-refractivity contribution is 0.0918. The Bertz CT molecular complexity index is 395. The highest BCUT2D eigenvalue weighted by Crippen LogP contribution is 2.32. The van der Waals surface area contributed by atoms with Gasteiger partial charge >= 0.3 is 0 Å². The van der Waals surface area contributed by atoms with Gasteiger partial charge in [-0.2, -0.15) is 0 Å². The summed E-state index contributed by atoms with van der Waals surface area (Å²) in [6.07, 6.45) is 1.03. The number of aliphatic hydroxyl groups is 1. The van der Waals surface area contributed by atoms with Crippen molar-refractivity contribution in [1.82, 2.24) is 0 Å². The molecule has 1 N–H and O–H groups in total.